The highest BCUT2D eigenvalue weighted by atomic mass is 16.5. The number of rotatable bonds is 4. The average molecular weight is 262 g/mol. The van der Waals surface area contributed by atoms with Crippen LogP contribution in [0, 0.1) is 0 Å². The summed E-state index contributed by atoms with van der Waals surface area (Å²) < 4.78 is 5.62. The van der Waals surface area contributed by atoms with Crippen molar-refractivity contribution >= 4 is 17.9 Å². The van der Waals surface area contributed by atoms with Crippen LogP contribution in [0.2, 0.25) is 0 Å². The molecule has 1 aliphatic heterocycles. The lowest BCUT2D eigenvalue weighted by Gasteiger charge is -2.33. The zero-order chi connectivity index (χ0) is 13.7. The Bertz CT molecular complexity index is 456. The van der Waals surface area contributed by atoms with Gasteiger partial charge in [-0.1, -0.05) is 6.92 Å². The van der Waals surface area contributed by atoms with Crippen LogP contribution in [0.25, 0.3) is 6.08 Å². The van der Waals surface area contributed by atoms with Crippen LogP contribution in [0.1, 0.15) is 18.9 Å². The van der Waals surface area contributed by atoms with E-state index in [1.807, 2.05) is 12.1 Å². The van der Waals surface area contributed by atoms with Crippen molar-refractivity contribution in [1.29, 1.82) is 0 Å². The van der Waals surface area contributed by atoms with Gasteiger partial charge in [-0.2, -0.15) is 0 Å². The number of aromatic nitrogens is 1. The molecule has 0 bridgehead atoms. The Morgan fingerprint density at radius 3 is 3.11 bits per heavy atom. The number of aliphatic carboxylic acids is 1. The minimum atomic E-state index is -0.956. The van der Waals surface area contributed by atoms with Gasteiger partial charge in [0.25, 0.3) is 0 Å². The van der Waals surface area contributed by atoms with Gasteiger partial charge in [-0.05, 0) is 30.2 Å². The Morgan fingerprint density at radius 1 is 1.63 bits per heavy atom. The summed E-state index contributed by atoms with van der Waals surface area (Å²) in [7, 11) is 0. The van der Waals surface area contributed by atoms with E-state index in [1.165, 1.54) is 6.08 Å². The molecule has 0 spiro atoms. The molecule has 0 saturated carbocycles. The molecule has 1 unspecified atom stereocenters. The standard InChI is InChI=1S/C14H18N2O3/c1-2-12-10-16(7-8-19-12)13-5-3-11(9-15-13)4-6-14(17)18/h3-6,9,12H,2,7-8,10H2,1H3,(H,17,18)/b6-4+. The van der Waals surface area contributed by atoms with Gasteiger partial charge in [-0.3, -0.25) is 0 Å². The lowest BCUT2D eigenvalue weighted by atomic mass is 10.2. The summed E-state index contributed by atoms with van der Waals surface area (Å²) in [5.74, 6) is -0.0442. The van der Waals surface area contributed by atoms with Crippen molar-refractivity contribution in [2.24, 2.45) is 0 Å². The maximum atomic E-state index is 10.4. The first-order chi connectivity index (χ1) is 9.19. The maximum Gasteiger partial charge on any atom is 0.328 e. The Kier molecular flexibility index (Phi) is 4.52. The van der Waals surface area contributed by atoms with E-state index in [0.717, 1.165) is 43.6 Å². The zero-order valence-corrected chi connectivity index (χ0v) is 11.0. The molecule has 19 heavy (non-hydrogen) atoms. The molecule has 0 aromatic carbocycles. The number of morpholine rings is 1. The predicted octanol–water partition coefficient (Wildman–Crippen LogP) is 1.79. The molecule has 1 atom stereocenters. The van der Waals surface area contributed by atoms with Gasteiger partial charge in [0.05, 0.1) is 12.7 Å². The molecular formula is C14H18N2O3. The number of hydrogen-bond acceptors (Lipinski definition) is 4. The third-order valence-electron chi connectivity index (χ3n) is 3.11. The van der Waals surface area contributed by atoms with E-state index in [2.05, 4.69) is 16.8 Å². The van der Waals surface area contributed by atoms with Gasteiger partial charge in [0.15, 0.2) is 0 Å². The van der Waals surface area contributed by atoms with Crippen molar-refractivity contribution < 1.29 is 14.6 Å². The smallest absolute Gasteiger partial charge is 0.328 e. The number of hydrogen-bond donors (Lipinski definition) is 1. The van der Waals surface area contributed by atoms with Gasteiger partial charge in [0, 0.05) is 25.4 Å². The van der Waals surface area contributed by atoms with E-state index in [1.54, 1.807) is 6.20 Å². The second-order valence-corrected chi connectivity index (χ2v) is 4.47. The largest absolute Gasteiger partial charge is 0.478 e. The summed E-state index contributed by atoms with van der Waals surface area (Å²) in [5.41, 5.74) is 0.784. The second-order valence-electron chi connectivity index (χ2n) is 4.47. The molecule has 1 aromatic heterocycles. The summed E-state index contributed by atoms with van der Waals surface area (Å²) in [6.07, 6.45) is 5.59. The molecule has 1 aromatic rings. The van der Waals surface area contributed by atoms with E-state index in [4.69, 9.17) is 9.84 Å². The highest BCUT2D eigenvalue weighted by molar-refractivity contribution is 5.85. The quantitative estimate of drug-likeness (QED) is 0.838. The minimum Gasteiger partial charge on any atom is -0.478 e. The van der Waals surface area contributed by atoms with Gasteiger partial charge in [0.1, 0.15) is 5.82 Å². The van der Waals surface area contributed by atoms with E-state index in [9.17, 15) is 4.79 Å². The van der Waals surface area contributed by atoms with Gasteiger partial charge in [-0.25, -0.2) is 9.78 Å². The first-order valence-corrected chi connectivity index (χ1v) is 6.42. The van der Waals surface area contributed by atoms with E-state index < -0.39 is 5.97 Å². The summed E-state index contributed by atoms with van der Waals surface area (Å²) in [6, 6.07) is 3.79. The van der Waals surface area contributed by atoms with Gasteiger partial charge < -0.3 is 14.7 Å². The summed E-state index contributed by atoms with van der Waals surface area (Å²) in [5, 5.41) is 8.56. The third-order valence-corrected chi connectivity index (χ3v) is 3.11. The molecule has 0 aliphatic carbocycles. The minimum absolute atomic E-state index is 0.266. The summed E-state index contributed by atoms with van der Waals surface area (Å²) >= 11 is 0. The molecule has 1 fully saturated rings. The van der Waals surface area contributed by atoms with Crippen LogP contribution in [0.5, 0.6) is 0 Å². The Morgan fingerprint density at radius 2 is 2.47 bits per heavy atom. The first kappa shape index (κ1) is 13.5. The lowest BCUT2D eigenvalue weighted by Crippen LogP contribution is -2.42. The number of ether oxygens (including phenoxy) is 1. The van der Waals surface area contributed by atoms with Crippen molar-refractivity contribution in [3.05, 3.63) is 30.0 Å². The van der Waals surface area contributed by atoms with Crippen molar-refractivity contribution in [3.63, 3.8) is 0 Å². The molecule has 0 amide bonds. The number of pyridine rings is 1. The molecule has 2 rings (SSSR count). The fraction of sp³-hybridized carbons (Fsp3) is 0.429. The van der Waals surface area contributed by atoms with Crippen molar-refractivity contribution in [2.45, 2.75) is 19.4 Å². The topological polar surface area (TPSA) is 62.7 Å². The number of anilines is 1. The Labute approximate surface area is 112 Å². The van der Waals surface area contributed by atoms with Crippen LogP contribution in [0.15, 0.2) is 24.4 Å². The van der Waals surface area contributed by atoms with Crippen LogP contribution in [-0.4, -0.2) is 41.9 Å². The first-order valence-electron chi connectivity index (χ1n) is 6.42. The van der Waals surface area contributed by atoms with Crippen molar-refractivity contribution in [3.8, 4) is 0 Å². The zero-order valence-electron chi connectivity index (χ0n) is 11.0. The SMILES string of the molecule is CCC1CN(c2ccc(/C=C/C(=O)O)cn2)CCO1. The Hall–Kier alpha value is -1.88. The van der Waals surface area contributed by atoms with E-state index >= 15 is 0 Å². The summed E-state index contributed by atoms with van der Waals surface area (Å²) in [6.45, 7) is 4.53. The van der Waals surface area contributed by atoms with Crippen LogP contribution >= 0.6 is 0 Å². The number of carboxylic acids is 1. The monoisotopic (exact) mass is 262 g/mol. The average Bonchev–Trinajstić information content (AvgIpc) is 2.45. The molecule has 0 radical (unpaired) electrons. The van der Waals surface area contributed by atoms with Crippen molar-refractivity contribution in [1.82, 2.24) is 4.98 Å². The van der Waals surface area contributed by atoms with Gasteiger partial charge in [0.2, 0.25) is 0 Å². The van der Waals surface area contributed by atoms with Crippen LogP contribution in [0.4, 0.5) is 5.82 Å². The number of carboxylic acid groups (broad SMARTS) is 1. The second kappa shape index (κ2) is 6.33. The molecule has 1 N–H and O–H groups in total. The number of carbonyl (C=O) groups is 1. The fourth-order valence-corrected chi connectivity index (χ4v) is 2.03. The summed E-state index contributed by atoms with van der Waals surface area (Å²) in [4.78, 5) is 17.0. The van der Waals surface area contributed by atoms with Gasteiger partial charge in [-0.15, -0.1) is 0 Å². The highest BCUT2D eigenvalue weighted by Crippen LogP contribution is 2.17. The van der Waals surface area contributed by atoms with E-state index in [0.29, 0.717) is 0 Å². The van der Waals surface area contributed by atoms with Gasteiger partial charge >= 0.3 is 5.97 Å². The number of nitrogens with zero attached hydrogens (tertiary/aromatic N) is 2. The van der Waals surface area contributed by atoms with Crippen LogP contribution in [0.3, 0.4) is 0 Å². The fourth-order valence-electron chi connectivity index (χ4n) is 2.03. The molecule has 2 heterocycles. The normalized spacial score (nSPS) is 19.8. The van der Waals surface area contributed by atoms with Crippen LogP contribution < -0.4 is 4.90 Å². The maximum absolute atomic E-state index is 10.4. The molecular weight excluding hydrogens is 244 g/mol. The Balaban J connectivity index is 2.03. The molecule has 102 valence electrons. The lowest BCUT2D eigenvalue weighted by molar-refractivity contribution is -0.131. The molecule has 1 aliphatic rings. The van der Waals surface area contributed by atoms with E-state index in [-0.39, 0.29) is 6.10 Å². The third kappa shape index (κ3) is 3.79. The molecule has 1 saturated heterocycles. The molecule has 5 nitrogen and oxygen atoms in total. The predicted molar refractivity (Wildman–Crippen MR) is 73.2 cm³/mol. The highest BCUT2D eigenvalue weighted by Gasteiger charge is 2.19. The van der Waals surface area contributed by atoms with Crippen molar-refractivity contribution in [2.75, 3.05) is 24.6 Å². The molecule has 5 heteroatoms. The van der Waals surface area contributed by atoms with Crippen LogP contribution in [-0.2, 0) is 9.53 Å².